The van der Waals surface area contributed by atoms with Crippen molar-refractivity contribution in [2.24, 2.45) is 15.9 Å². The highest BCUT2D eigenvalue weighted by atomic mass is 32.2. The van der Waals surface area contributed by atoms with Crippen LogP contribution in [0.5, 0.6) is 5.88 Å². The molecule has 4 aromatic rings. The Morgan fingerprint density at radius 3 is 2.33 bits per heavy atom. The molecule has 0 spiro atoms. The number of sulfonamides is 1. The molecule has 1 heterocycles. The molecule has 0 bridgehead atoms. The lowest BCUT2D eigenvalue weighted by atomic mass is 10.0. The lowest BCUT2D eigenvalue weighted by Crippen LogP contribution is -2.12. The molecule has 0 unspecified atom stereocenters. The third-order valence-electron chi connectivity index (χ3n) is 4.78. The molecule has 0 saturated heterocycles. The minimum Gasteiger partial charge on any atom is -0.494 e. The van der Waals surface area contributed by atoms with Crippen molar-refractivity contribution in [3.8, 4) is 5.88 Å². The zero-order chi connectivity index (χ0) is 21.3. The Morgan fingerprint density at radius 2 is 1.70 bits per heavy atom. The average Bonchev–Trinajstić information content (AvgIpc) is 3.07. The van der Waals surface area contributed by atoms with Gasteiger partial charge in [0.15, 0.2) is 5.88 Å². The number of nitrogens with zero attached hydrogens (tertiary/aromatic N) is 1. The van der Waals surface area contributed by atoms with Crippen LogP contribution < -0.4 is 10.9 Å². The normalized spacial score (nSPS) is 12.4. The number of H-pyrrole nitrogens is 1. The van der Waals surface area contributed by atoms with Gasteiger partial charge in [0.25, 0.3) is 0 Å². The van der Waals surface area contributed by atoms with Crippen LogP contribution >= 0.6 is 0 Å². The number of aromatic amines is 1. The molecule has 8 heteroatoms. The fourth-order valence-corrected chi connectivity index (χ4v) is 3.81. The van der Waals surface area contributed by atoms with Gasteiger partial charge in [0, 0.05) is 23.0 Å². The fraction of sp³-hybridized carbons (Fsp3) is 0.0455. The Bertz CT molecular complexity index is 1340. The molecular weight excluding hydrogens is 400 g/mol. The summed E-state index contributed by atoms with van der Waals surface area (Å²) >= 11 is 0. The van der Waals surface area contributed by atoms with E-state index in [1.54, 1.807) is 6.07 Å². The number of nitrogens with one attached hydrogen (secondary N) is 1. The number of benzene rings is 3. The van der Waals surface area contributed by atoms with E-state index in [0.29, 0.717) is 34.4 Å². The van der Waals surface area contributed by atoms with E-state index in [1.165, 1.54) is 12.1 Å². The predicted molar refractivity (Wildman–Crippen MR) is 117 cm³/mol. The molecule has 4 rings (SSSR count). The molecule has 0 fully saturated rings. The summed E-state index contributed by atoms with van der Waals surface area (Å²) in [6.45, 7) is 0.426. The van der Waals surface area contributed by atoms with Crippen molar-refractivity contribution in [2.75, 3.05) is 0 Å². The van der Waals surface area contributed by atoms with E-state index in [0.717, 1.165) is 11.1 Å². The van der Waals surface area contributed by atoms with Crippen molar-refractivity contribution in [3.05, 3.63) is 89.5 Å². The minimum absolute atomic E-state index is 0.0463. The molecule has 30 heavy (non-hydrogen) atoms. The van der Waals surface area contributed by atoms with Gasteiger partial charge in [-0.15, -0.1) is 0 Å². The van der Waals surface area contributed by atoms with Crippen molar-refractivity contribution in [1.82, 2.24) is 4.98 Å². The van der Waals surface area contributed by atoms with Crippen LogP contribution in [0.25, 0.3) is 10.9 Å². The zero-order valence-electron chi connectivity index (χ0n) is 15.9. The second-order valence-electron chi connectivity index (χ2n) is 6.80. The van der Waals surface area contributed by atoms with Gasteiger partial charge in [-0.1, -0.05) is 42.5 Å². The zero-order valence-corrected chi connectivity index (χ0v) is 16.7. The molecule has 3 aromatic carbocycles. The maximum atomic E-state index is 11.9. The number of nitrogens with two attached hydrogens (primary N) is 2. The van der Waals surface area contributed by atoms with Gasteiger partial charge < -0.3 is 15.8 Å². The van der Waals surface area contributed by atoms with Gasteiger partial charge >= 0.3 is 0 Å². The summed E-state index contributed by atoms with van der Waals surface area (Å²) in [4.78, 5) is 7.60. The third kappa shape index (κ3) is 3.84. The number of aromatic nitrogens is 1. The van der Waals surface area contributed by atoms with Crippen molar-refractivity contribution in [3.63, 3.8) is 0 Å². The summed E-state index contributed by atoms with van der Waals surface area (Å²) in [7, 11) is -3.91. The van der Waals surface area contributed by atoms with E-state index >= 15 is 0 Å². The van der Waals surface area contributed by atoms with Gasteiger partial charge in [-0.25, -0.2) is 18.5 Å². The Hall–Kier alpha value is -3.46. The van der Waals surface area contributed by atoms with Crippen LogP contribution in [0.3, 0.4) is 0 Å². The van der Waals surface area contributed by atoms with Crippen LogP contribution in [0.4, 0.5) is 5.69 Å². The molecule has 152 valence electrons. The van der Waals surface area contributed by atoms with Gasteiger partial charge in [0.05, 0.1) is 21.9 Å². The molecule has 0 saturated carbocycles. The third-order valence-corrected chi connectivity index (χ3v) is 5.69. The molecule has 7 nitrogen and oxygen atoms in total. The second kappa shape index (κ2) is 7.75. The number of aliphatic imine (C=N–C) groups is 1. The van der Waals surface area contributed by atoms with Crippen LogP contribution in [-0.4, -0.2) is 24.2 Å². The predicted octanol–water partition coefficient (Wildman–Crippen LogP) is 3.15. The lowest BCUT2D eigenvalue weighted by molar-refractivity contribution is 0.457. The topological polar surface area (TPSA) is 135 Å². The molecule has 1 aromatic heterocycles. The van der Waals surface area contributed by atoms with Gasteiger partial charge in [-0.2, -0.15) is 0 Å². The summed E-state index contributed by atoms with van der Waals surface area (Å²) < 4.78 is 23.7. The number of fused-ring (bicyclic) bond motifs is 1. The van der Waals surface area contributed by atoms with Gasteiger partial charge in [-0.05, 0) is 35.9 Å². The van der Waals surface area contributed by atoms with E-state index in [-0.39, 0.29) is 10.8 Å². The van der Waals surface area contributed by atoms with Gasteiger partial charge in [0.1, 0.15) is 0 Å². The maximum Gasteiger partial charge on any atom is 0.238 e. The molecule has 0 amide bonds. The van der Waals surface area contributed by atoms with Crippen LogP contribution in [0.15, 0.2) is 82.7 Å². The number of primary sulfonamides is 1. The van der Waals surface area contributed by atoms with Crippen molar-refractivity contribution in [2.45, 2.75) is 11.4 Å². The monoisotopic (exact) mass is 420 g/mol. The molecule has 0 aliphatic heterocycles. The summed E-state index contributed by atoms with van der Waals surface area (Å²) in [5.74, 6) is -0.113. The Labute approximate surface area is 173 Å². The van der Waals surface area contributed by atoms with E-state index < -0.39 is 10.0 Å². The van der Waals surface area contributed by atoms with Crippen LogP contribution in [0.2, 0.25) is 0 Å². The molecular formula is C22H20N4O3S. The first-order valence-corrected chi connectivity index (χ1v) is 10.7. The van der Waals surface area contributed by atoms with E-state index in [1.807, 2.05) is 54.6 Å². The van der Waals surface area contributed by atoms with Crippen LogP contribution in [-0.2, 0) is 16.6 Å². The largest absolute Gasteiger partial charge is 0.494 e. The summed E-state index contributed by atoms with van der Waals surface area (Å²) in [6.07, 6.45) is 0. The first-order chi connectivity index (χ1) is 14.4. The number of hydrogen-bond acceptors (Lipinski definition) is 5. The molecule has 0 aliphatic rings. The van der Waals surface area contributed by atoms with Crippen molar-refractivity contribution >= 4 is 32.3 Å². The number of rotatable bonds is 5. The lowest BCUT2D eigenvalue weighted by Gasteiger charge is -2.08. The summed E-state index contributed by atoms with van der Waals surface area (Å²) in [6, 6.07) is 21.2. The maximum absolute atomic E-state index is 11.9. The highest BCUT2D eigenvalue weighted by Gasteiger charge is 2.20. The fourth-order valence-electron chi connectivity index (χ4n) is 3.27. The molecule has 0 aliphatic carbocycles. The van der Waals surface area contributed by atoms with Crippen molar-refractivity contribution < 1.29 is 13.5 Å². The highest BCUT2D eigenvalue weighted by molar-refractivity contribution is 7.89. The summed E-state index contributed by atoms with van der Waals surface area (Å²) in [5.41, 5.74) is 9.53. The van der Waals surface area contributed by atoms with Gasteiger partial charge in [0.2, 0.25) is 10.0 Å². The second-order valence-corrected chi connectivity index (χ2v) is 8.36. The Kier molecular flexibility index (Phi) is 5.13. The average molecular weight is 420 g/mol. The van der Waals surface area contributed by atoms with E-state index in [2.05, 4.69) is 4.98 Å². The highest BCUT2D eigenvalue weighted by Crippen LogP contribution is 2.32. The van der Waals surface area contributed by atoms with Crippen molar-refractivity contribution in [1.29, 1.82) is 0 Å². The van der Waals surface area contributed by atoms with Crippen LogP contribution in [0.1, 0.15) is 16.7 Å². The summed E-state index contributed by atoms with van der Waals surface area (Å²) in [5, 5.41) is 16.5. The first kappa shape index (κ1) is 19.8. The van der Waals surface area contributed by atoms with Crippen LogP contribution in [0, 0.1) is 0 Å². The quantitative estimate of drug-likeness (QED) is 0.369. The molecule has 0 radical (unpaired) electrons. The Morgan fingerprint density at radius 1 is 1.00 bits per heavy atom. The molecule has 0 atom stereocenters. The smallest absolute Gasteiger partial charge is 0.238 e. The Balaban J connectivity index is 1.98. The first-order valence-electron chi connectivity index (χ1n) is 9.18. The molecule has 6 N–H and O–H groups in total. The van der Waals surface area contributed by atoms with E-state index in [4.69, 9.17) is 15.9 Å². The minimum atomic E-state index is -3.91. The number of hydrogen-bond donors (Lipinski definition) is 4. The van der Waals surface area contributed by atoms with E-state index in [9.17, 15) is 13.5 Å². The standard InChI is InChI=1S/C22H20N4O3S/c23-13-14-6-8-16(9-7-14)25-21(15-4-2-1-3-5-15)20-18-12-17(30(24,28)29)10-11-19(18)26-22(20)27/h1-12,26-27H,13,23H2,(H2,24,28,29). The van der Waals surface area contributed by atoms with Gasteiger partial charge in [-0.3, -0.25) is 0 Å². The number of aromatic hydroxyl groups is 1. The SMILES string of the molecule is NCc1ccc(N=C(c2ccccc2)c2c(O)[nH]c3ccc(S(N)(=O)=O)cc23)cc1.